The lowest BCUT2D eigenvalue weighted by Crippen LogP contribution is -2.36. The number of halogens is 1. The van der Waals surface area contributed by atoms with Gasteiger partial charge in [0.05, 0.1) is 0 Å². The molecule has 0 aliphatic heterocycles. The van der Waals surface area contributed by atoms with E-state index in [0.717, 1.165) is 28.2 Å². The summed E-state index contributed by atoms with van der Waals surface area (Å²) in [5.41, 5.74) is 1.05. The molecule has 0 spiro atoms. The van der Waals surface area contributed by atoms with E-state index in [1.165, 1.54) is 25.0 Å². The minimum absolute atomic E-state index is 0.210. The highest BCUT2D eigenvalue weighted by Gasteiger charge is 2.32. The second kappa shape index (κ2) is 6.71. The zero-order valence-corrected chi connectivity index (χ0v) is 13.7. The molecule has 22 heavy (non-hydrogen) atoms. The number of nitrogens with zero attached hydrogens (tertiary/aromatic N) is 3. The molecule has 1 aliphatic rings. The van der Waals surface area contributed by atoms with Crippen molar-refractivity contribution in [3.05, 3.63) is 40.7 Å². The molecular formula is C16H21FN4S. The fourth-order valence-corrected chi connectivity index (χ4v) is 3.40. The maximum absolute atomic E-state index is 12.9. The van der Waals surface area contributed by atoms with Crippen LogP contribution in [-0.2, 0) is 6.42 Å². The maximum Gasteiger partial charge on any atom is 0.205 e. The van der Waals surface area contributed by atoms with Crippen LogP contribution in [0.2, 0.25) is 0 Å². The molecule has 1 unspecified atom stereocenters. The molecule has 1 aliphatic carbocycles. The van der Waals surface area contributed by atoms with Crippen molar-refractivity contribution in [2.24, 2.45) is 5.92 Å². The first kappa shape index (κ1) is 15.4. The topological polar surface area (TPSA) is 41.0 Å². The van der Waals surface area contributed by atoms with Crippen molar-refractivity contribution < 1.29 is 4.39 Å². The third-order valence-corrected chi connectivity index (χ3v) is 4.91. The Morgan fingerprint density at radius 2 is 2.00 bits per heavy atom. The first-order chi connectivity index (χ1) is 10.6. The van der Waals surface area contributed by atoms with Crippen molar-refractivity contribution in [3.63, 3.8) is 0 Å². The lowest BCUT2D eigenvalue weighted by Gasteiger charge is -2.24. The fraction of sp³-hybridized carbons (Fsp3) is 0.500. The van der Waals surface area contributed by atoms with Gasteiger partial charge in [-0.3, -0.25) is 0 Å². The molecule has 1 saturated carbocycles. The first-order valence-electron chi connectivity index (χ1n) is 7.59. The molecule has 0 radical (unpaired) electrons. The number of hydrogen-bond acceptors (Lipinski definition) is 5. The molecule has 0 bridgehead atoms. The molecule has 4 nitrogen and oxygen atoms in total. The Labute approximate surface area is 134 Å². The summed E-state index contributed by atoms with van der Waals surface area (Å²) < 4.78 is 12.9. The Morgan fingerprint density at radius 3 is 2.64 bits per heavy atom. The van der Waals surface area contributed by atoms with Crippen LogP contribution in [0.1, 0.15) is 23.4 Å². The van der Waals surface area contributed by atoms with E-state index in [-0.39, 0.29) is 5.82 Å². The largest absolute Gasteiger partial charge is 0.358 e. The van der Waals surface area contributed by atoms with Gasteiger partial charge in [-0.25, -0.2) is 4.39 Å². The number of hydrogen-bond donors (Lipinski definition) is 1. The van der Waals surface area contributed by atoms with Crippen LogP contribution >= 0.6 is 11.3 Å². The highest BCUT2D eigenvalue weighted by atomic mass is 32.1. The lowest BCUT2D eigenvalue weighted by atomic mass is 10.1. The van der Waals surface area contributed by atoms with Crippen molar-refractivity contribution in [2.75, 3.05) is 26.0 Å². The van der Waals surface area contributed by atoms with Gasteiger partial charge >= 0.3 is 0 Å². The Hall–Kier alpha value is -1.53. The summed E-state index contributed by atoms with van der Waals surface area (Å²) in [6.45, 7) is 0.906. The Bertz CT molecular complexity index is 605. The van der Waals surface area contributed by atoms with E-state index >= 15 is 0 Å². The van der Waals surface area contributed by atoms with E-state index in [1.54, 1.807) is 23.5 Å². The molecular weight excluding hydrogens is 299 g/mol. The molecule has 1 aromatic carbocycles. The molecule has 0 saturated heterocycles. The predicted molar refractivity (Wildman–Crippen MR) is 87.8 cm³/mol. The van der Waals surface area contributed by atoms with Crippen LogP contribution in [0.15, 0.2) is 24.3 Å². The van der Waals surface area contributed by atoms with Gasteiger partial charge in [-0.1, -0.05) is 23.5 Å². The van der Waals surface area contributed by atoms with Gasteiger partial charge in [-0.15, -0.1) is 10.2 Å². The highest BCUT2D eigenvalue weighted by Crippen LogP contribution is 2.34. The third-order valence-electron chi connectivity index (χ3n) is 4.03. The average Bonchev–Trinajstić information content (AvgIpc) is 3.22. The molecule has 1 fully saturated rings. The van der Waals surface area contributed by atoms with E-state index in [4.69, 9.17) is 0 Å². The van der Waals surface area contributed by atoms with Crippen LogP contribution in [-0.4, -0.2) is 41.8 Å². The maximum atomic E-state index is 12.9. The summed E-state index contributed by atoms with van der Waals surface area (Å²) in [6.07, 6.45) is 3.35. The van der Waals surface area contributed by atoms with E-state index in [1.807, 2.05) is 0 Å². The summed E-state index contributed by atoms with van der Waals surface area (Å²) in [7, 11) is 4.26. The van der Waals surface area contributed by atoms with Crippen LogP contribution in [0.25, 0.3) is 0 Å². The Balaban J connectivity index is 1.55. The molecule has 0 amide bonds. The van der Waals surface area contributed by atoms with Gasteiger partial charge < -0.3 is 10.2 Å². The highest BCUT2D eigenvalue weighted by molar-refractivity contribution is 7.15. The minimum atomic E-state index is -0.210. The van der Waals surface area contributed by atoms with Gasteiger partial charge in [-0.05, 0) is 50.6 Å². The molecule has 1 aromatic heterocycles. The Morgan fingerprint density at radius 1 is 1.27 bits per heavy atom. The lowest BCUT2D eigenvalue weighted by molar-refractivity contribution is 0.276. The monoisotopic (exact) mass is 320 g/mol. The third kappa shape index (κ3) is 4.01. The van der Waals surface area contributed by atoms with Crippen molar-refractivity contribution in [1.29, 1.82) is 0 Å². The molecule has 1 atom stereocenters. The van der Waals surface area contributed by atoms with Gasteiger partial charge in [0.1, 0.15) is 10.8 Å². The summed E-state index contributed by atoms with van der Waals surface area (Å²) in [5.74, 6) is 0.604. The number of benzene rings is 1. The van der Waals surface area contributed by atoms with Gasteiger partial charge in [0, 0.05) is 19.0 Å². The van der Waals surface area contributed by atoms with Gasteiger partial charge in [0.15, 0.2) is 0 Å². The summed E-state index contributed by atoms with van der Waals surface area (Å²) in [4.78, 5) is 2.28. The van der Waals surface area contributed by atoms with Gasteiger partial charge in [0.2, 0.25) is 5.13 Å². The number of likely N-dealkylation sites (N-methyl/N-ethyl adjacent to an activating group) is 1. The van der Waals surface area contributed by atoms with Crippen LogP contribution < -0.4 is 5.32 Å². The van der Waals surface area contributed by atoms with Gasteiger partial charge in [0.25, 0.3) is 0 Å². The SMILES string of the molecule is CN(C)C(CNc1nnc(Cc2ccc(F)cc2)s1)C1CC1. The first-order valence-corrected chi connectivity index (χ1v) is 8.40. The van der Waals surface area contributed by atoms with Gasteiger partial charge in [-0.2, -0.15) is 0 Å². The van der Waals surface area contributed by atoms with Crippen LogP contribution in [0.4, 0.5) is 9.52 Å². The number of anilines is 1. The second-order valence-corrected chi connectivity index (χ2v) is 7.12. The second-order valence-electron chi connectivity index (χ2n) is 6.05. The molecule has 6 heteroatoms. The fourth-order valence-electron chi connectivity index (χ4n) is 2.62. The summed E-state index contributed by atoms with van der Waals surface area (Å²) >= 11 is 1.57. The molecule has 1 heterocycles. The predicted octanol–water partition coefficient (Wildman–Crippen LogP) is 3.02. The quantitative estimate of drug-likeness (QED) is 0.851. The van der Waals surface area contributed by atoms with Crippen LogP contribution in [0, 0.1) is 11.7 Å². The standard InChI is InChI=1S/C16H21FN4S/c1-21(2)14(12-5-6-12)10-18-16-20-19-15(22-16)9-11-3-7-13(17)8-4-11/h3-4,7-8,12,14H,5-6,9-10H2,1-2H3,(H,18,20). The van der Waals surface area contributed by atoms with E-state index in [2.05, 4.69) is 34.5 Å². The zero-order valence-electron chi connectivity index (χ0n) is 12.9. The molecule has 2 aromatic rings. The average molecular weight is 320 g/mol. The van der Waals surface area contributed by atoms with Crippen LogP contribution in [0.3, 0.4) is 0 Å². The van der Waals surface area contributed by atoms with Crippen molar-refractivity contribution in [3.8, 4) is 0 Å². The van der Waals surface area contributed by atoms with E-state index in [0.29, 0.717) is 12.5 Å². The number of nitrogens with one attached hydrogen (secondary N) is 1. The van der Waals surface area contributed by atoms with Crippen molar-refractivity contribution in [2.45, 2.75) is 25.3 Å². The molecule has 3 rings (SSSR count). The van der Waals surface area contributed by atoms with E-state index in [9.17, 15) is 4.39 Å². The molecule has 118 valence electrons. The summed E-state index contributed by atoms with van der Waals surface area (Å²) in [6, 6.07) is 7.10. The smallest absolute Gasteiger partial charge is 0.205 e. The number of aromatic nitrogens is 2. The van der Waals surface area contributed by atoms with Crippen molar-refractivity contribution in [1.82, 2.24) is 15.1 Å². The Kier molecular flexibility index (Phi) is 4.69. The minimum Gasteiger partial charge on any atom is -0.358 e. The zero-order chi connectivity index (χ0) is 15.5. The van der Waals surface area contributed by atoms with Crippen LogP contribution in [0.5, 0.6) is 0 Å². The van der Waals surface area contributed by atoms with E-state index < -0.39 is 0 Å². The van der Waals surface area contributed by atoms with Crippen molar-refractivity contribution >= 4 is 16.5 Å². The summed E-state index contributed by atoms with van der Waals surface area (Å²) in [5, 5.41) is 13.6. The normalized spacial score (nSPS) is 16.0. The number of rotatable bonds is 7. The molecule has 1 N–H and O–H groups in total.